The predicted octanol–water partition coefficient (Wildman–Crippen LogP) is 4.36. The highest BCUT2D eigenvalue weighted by Gasteiger charge is 2.16. The third-order valence-corrected chi connectivity index (χ3v) is 3.76. The fourth-order valence-corrected chi connectivity index (χ4v) is 2.35. The quantitative estimate of drug-likeness (QED) is 0.535. The molecule has 0 amide bonds. The first-order valence-electron chi connectivity index (χ1n) is 7.85. The van der Waals surface area contributed by atoms with Crippen LogP contribution in [-0.4, -0.2) is 29.8 Å². The van der Waals surface area contributed by atoms with E-state index in [4.69, 9.17) is 25.6 Å². The van der Waals surface area contributed by atoms with Gasteiger partial charge in [-0.2, -0.15) is 13.8 Å². The Labute approximate surface area is 162 Å². The van der Waals surface area contributed by atoms with Crippen molar-refractivity contribution in [2.75, 3.05) is 7.11 Å². The van der Waals surface area contributed by atoms with Crippen molar-refractivity contribution in [2.24, 2.45) is 0 Å². The van der Waals surface area contributed by atoms with Crippen molar-refractivity contribution >= 4 is 17.6 Å². The summed E-state index contributed by atoms with van der Waals surface area (Å²) in [5.41, 5.74) is 0.765. The van der Waals surface area contributed by atoms with Crippen LogP contribution in [0.3, 0.4) is 0 Å². The van der Waals surface area contributed by atoms with Gasteiger partial charge in [0, 0.05) is 10.6 Å². The van der Waals surface area contributed by atoms with Crippen LogP contribution >= 0.6 is 11.6 Å². The van der Waals surface area contributed by atoms with Crippen LogP contribution in [0.1, 0.15) is 16.2 Å². The van der Waals surface area contributed by atoms with Gasteiger partial charge in [0.15, 0.2) is 18.1 Å². The van der Waals surface area contributed by atoms with E-state index in [1.54, 1.807) is 24.3 Å². The smallest absolute Gasteiger partial charge is 0.387 e. The van der Waals surface area contributed by atoms with Gasteiger partial charge >= 0.3 is 12.6 Å². The third-order valence-electron chi connectivity index (χ3n) is 3.51. The van der Waals surface area contributed by atoms with Gasteiger partial charge in [-0.25, -0.2) is 4.79 Å². The van der Waals surface area contributed by atoms with Crippen LogP contribution in [0, 0.1) is 0 Å². The number of rotatable bonds is 7. The standard InChI is InChI=1S/C18H13ClF2N2O5/c1-25-14-8-11(4-7-13(14)27-18(20)21)17(24)26-9-15-22-16(23-28-15)10-2-5-12(19)6-3-10/h2-8,18H,9H2,1H3. The number of benzene rings is 2. The molecule has 0 saturated heterocycles. The molecule has 0 unspecified atom stereocenters. The highest BCUT2D eigenvalue weighted by Crippen LogP contribution is 2.29. The van der Waals surface area contributed by atoms with E-state index in [1.165, 1.54) is 25.3 Å². The number of alkyl halides is 2. The van der Waals surface area contributed by atoms with Crippen LogP contribution in [-0.2, 0) is 11.3 Å². The van der Waals surface area contributed by atoms with E-state index in [0.29, 0.717) is 16.4 Å². The normalized spacial score (nSPS) is 10.8. The van der Waals surface area contributed by atoms with Gasteiger partial charge in [0.1, 0.15) is 0 Å². The molecule has 0 aliphatic heterocycles. The largest absolute Gasteiger partial charge is 0.493 e. The summed E-state index contributed by atoms with van der Waals surface area (Å²) >= 11 is 5.83. The molecule has 10 heteroatoms. The van der Waals surface area contributed by atoms with Crippen molar-refractivity contribution in [3.05, 3.63) is 58.9 Å². The third kappa shape index (κ3) is 4.74. The molecule has 1 heterocycles. The average molecular weight is 411 g/mol. The summed E-state index contributed by atoms with van der Waals surface area (Å²) in [4.78, 5) is 16.3. The molecular formula is C18H13ClF2N2O5. The maximum Gasteiger partial charge on any atom is 0.387 e. The first kappa shape index (κ1) is 19.6. The van der Waals surface area contributed by atoms with Crippen molar-refractivity contribution in [2.45, 2.75) is 13.2 Å². The molecule has 0 fully saturated rings. The number of esters is 1. The van der Waals surface area contributed by atoms with Crippen LogP contribution < -0.4 is 9.47 Å². The first-order chi connectivity index (χ1) is 13.5. The number of carbonyl (C=O) groups is 1. The first-order valence-corrected chi connectivity index (χ1v) is 8.22. The van der Waals surface area contributed by atoms with Crippen LogP contribution in [0.2, 0.25) is 5.02 Å². The highest BCUT2D eigenvalue weighted by atomic mass is 35.5. The molecule has 0 aliphatic carbocycles. The van der Waals surface area contributed by atoms with E-state index >= 15 is 0 Å². The SMILES string of the molecule is COc1cc(C(=O)OCc2nc(-c3ccc(Cl)cc3)no2)ccc1OC(F)F. The average Bonchev–Trinajstić information content (AvgIpc) is 3.15. The topological polar surface area (TPSA) is 83.7 Å². The van der Waals surface area contributed by atoms with Gasteiger partial charge in [-0.1, -0.05) is 16.8 Å². The Morgan fingerprint density at radius 1 is 1.18 bits per heavy atom. The van der Waals surface area contributed by atoms with Crippen molar-refractivity contribution in [3.8, 4) is 22.9 Å². The number of methoxy groups -OCH3 is 1. The number of carbonyl (C=O) groups excluding carboxylic acids is 1. The van der Waals surface area contributed by atoms with Gasteiger partial charge in [0.2, 0.25) is 5.82 Å². The van der Waals surface area contributed by atoms with E-state index in [-0.39, 0.29) is 29.6 Å². The van der Waals surface area contributed by atoms with E-state index in [9.17, 15) is 13.6 Å². The monoisotopic (exact) mass is 410 g/mol. The lowest BCUT2D eigenvalue weighted by Crippen LogP contribution is -2.07. The van der Waals surface area contributed by atoms with Crippen LogP contribution in [0.5, 0.6) is 11.5 Å². The summed E-state index contributed by atoms with van der Waals surface area (Å²) in [6.07, 6.45) is 0. The van der Waals surface area contributed by atoms with Crippen LogP contribution in [0.25, 0.3) is 11.4 Å². The Bertz CT molecular complexity index is 963. The van der Waals surface area contributed by atoms with Gasteiger partial charge < -0.3 is 18.7 Å². The molecule has 1 aromatic heterocycles. The van der Waals surface area contributed by atoms with E-state index in [1.807, 2.05) is 0 Å². The van der Waals surface area contributed by atoms with Crippen LogP contribution in [0.4, 0.5) is 8.78 Å². The van der Waals surface area contributed by atoms with E-state index in [2.05, 4.69) is 14.9 Å². The molecule has 146 valence electrons. The number of aromatic nitrogens is 2. The zero-order valence-electron chi connectivity index (χ0n) is 14.4. The molecule has 0 N–H and O–H groups in total. The summed E-state index contributed by atoms with van der Waals surface area (Å²) in [5, 5.41) is 4.38. The summed E-state index contributed by atoms with van der Waals surface area (Å²) < 4.78 is 44.1. The maximum atomic E-state index is 12.3. The van der Waals surface area contributed by atoms with Gasteiger partial charge in [-0.05, 0) is 42.5 Å². The van der Waals surface area contributed by atoms with Crippen LogP contribution in [0.15, 0.2) is 47.0 Å². The minimum atomic E-state index is -3.01. The minimum Gasteiger partial charge on any atom is -0.493 e. The number of hydrogen-bond donors (Lipinski definition) is 0. The predicted molar refractivity (Wildman–Crippen MR) is 93.5 cm³/mol. The lowest BCUT2D eigenvalue weighted by Gasteiger charge is -2.10. The van der Waals surface area contributed by atoms with Crippen molar-refractivity contribution in [3.63, 3.8) is 0 Å². The lowest BCUT2D eigenvalue weighted by molar-refractivity contribution is -0.0512. The van der Waals surface area contributed by atoms with Gasteiger partial charge in [0.05, 0.1) is 12.7 Å². The summed E-state index contributed by atoms with van der Waals surface area (Å²) in [7, 11) is 1.26. The molecule has 0 radical (unpaired) electrons. The summed E-state index contributed by atoms with van der Waals surface area (Å²) in [6, 6.07) is 10.5. The molecule has 0 saturated carbocycles. The van der Waals surface area contributed by atoms with Crippen molar-refractivity contribution in [1.29, 1.82) is 0 Å². The van der Waals surface area contributed by atoms with Gasteiger partial charge in [-0.3, -0.25) is 0 Å². The Hall–Kier alpha value is -3.20. The van der Waals surface area contributed by atoms with Gasteiger partial charge in [0.25, 0.3) is 5.89 Å². The number of hydrogen-bond acceptors (Lipinski definition) is 7. The molecule has 0 atom stereocenters. The summed E-state index contributed by atoms with van der Waals surface area (Å²) in [6.45, 7) is -3.28. The Balaban J connectivity index is 1.65. The molecule has 3 aromatic rings. The highest BCUT2D eigenvalue weighted by molar-refractivity contribution is 6.30. The molecule has 2 aromatic carbocycles. The number of halogens is 3. The van der Waals surface area contributed by atoms with Crippen molar-refractivity contribution in [1.82, 2.24) is 10.1 Å². The maximum absolute atomic E-state index is 12.3. The second-order valence-electron chi connectivity index (χ2n) is 5.34. The second-order valence-corrected chi connectivity index (χ2v) is 5.78. The van der Waals surface area contributed by atoms with E-state index in [0.717, 1.165) is 0 Å². The number of nitrogens with zero attached hydrogens (tertiary/aromatic N) is 2. The zero-order chi connectivity index (χ0) is 20.1. The summed E-state index contributed by atoms with van der Waals surface area (Å²) in [5.74, 6) is -0.551. The van der Waals surface area contributed by atoms with Crippen molar-refractivity contribution < 1.29 is 32.3 Å². The molecule has 0 bridgehead atoms. The fraction of sp³-hybridized carbons (Fsp3) is 0.167. The van der Waals surface area contributed by atoms with E-state index < -0.39 is 12.6 Å². The molecule has 0 spiro atoms. The Morgan fingerprint density at radius 2 is 1.93 bits per heavy atom. The molecular weight excluding hydrogens is 398 g/mol. The molecule has 0 aliphatic rings. The zero-order valence-corrected chi connectivity index (χ0v) is 15.2. The fourth-order valence-electron chi connectivity index (χ4n) is 2.23. The Morgan fingerprint density at radius 3 is 2.61 bits per heavy atom. The molecule has 28 heavy (non-hydrogen) atoms. The second kappa shape index (κ2) is 8.66. The number of ether oxygens (including phenoxy) is 3. The Kier molecular flexibility index (Phi) is 6.05. The lowest BCUT2D eigenvalue weighted by atomic mass is 10.2. The minimum absolute atomic E-state index is 0.0300. The molecule has 7 nitrogen and oxygen atoms in total. The van der Waals surface area contributed by atoms with Gasteiger partial charge in [-0.15, -0.1) is 0 Å². The molecule has 3 rings (SSSR count).